The van der Waals surface area contributed by atoms with Crippen LogP contribution in [0, 0.1) is 5.82 Å². The fraction of sp³-hybridized carbons (Fsp3) is 0.154. The van der Waals surface area contributed by atoms with Gasteiger partial charge in [0.2, 0.25) is 0 Å². The first kappa shape index (κ1) is 12.4. The van der Waals surface area contributed by atoms with Crippen molar-refractivity contribution in [1.29, 1.82) is 0 Å². The number of thioether (sulfide) groups is 1. The van der Waals surface area contributed by atoms with E-state index in [1.807, 2.05) is 12.1 Å². The molecule has 88 valence electrons. The second kappa shape index (κ2) is 5.52. The van der Waals surface area contributed by atoms with Crippen molar-refractivity contribution in [2.24, 2.45) is 0 Å². The summed E-state index contributed by atoms with van der Waals surface area (Å²) in [7, 11) is 0. The highest BCUT2D eigenvalue weighted by Gasteiger charge is 2.08. The number of aromatic nitrogens is 1. The molecule has 0 aliphatic carbocycles. The topological polar surface area (TPSA) is 12.9 Å². The SMILES string of the molecule is CC(Sc1ccc(Cl)cn1)c1ccc(F)cc1. The molecule has 0 radical (unpaired) electrons. The minimum absolute atomic E-state index is 0.212. The molecule has 1 aromatic heterocycles. The van der Waals surface area contributed by atoms with E-state index in [-0.39, 0.29) is 11.1 Å². The van der Waals surface area contributed by atoms with Gasteiger partial charge in [-0.2, -0.15) is 0 Å². The molecule has 1 heterocycles. The van der Waals surface area contributed by atoms with Crippen molar-refractivity contribution in [2.45, 2.75) is 17.2 Å². The van der Waals surface area contributed by atoms with Crippen molar-refractivity contribution >= 4 is 23.4 Å². The van der Waals surface area contributed by atoms with Crippen LogP contribution in [0.4, 0.5) is 4.39 Å². The van der Waals surface area contributed by atoms with E-state index in [0.717, 1.165) is 10.6 Å². The summed E-state index contributed by atoms with van der Waals surface area (Å²) in [5, 5.41) is 1.76. The Morgan fingerprint density at radius 3 is 2.47 bits per heavy atom. The molecule has 0 N–H and O–H groups in total. The minimum atomic E-state index is -0.212. The largest absolute Gasteiger partial charge is 0.248 e. The lowest BCUT2D eigenvalue weighted by Crippen LogP contribution is -1.89. The summed E-state index contributed by atoms with van der Waals surface area (Å²) in [5.74, 6) is -0.212. The third-order valence-electron chi connectivity index (χ3n) is 2.34. The standard InChI is InChI=1S/C13H11ClFNS/c1-9(10-2-5-12(15)6-3-10)17-13-7-4-11(14)8-16-13/h2-9H,1H3. The Hall–Kier alpha value is -1.06. The monoisotopic (exact) mass is 267 g/mol. The Labute approximate surface area is 109 Å². The lowest BCUT2D eigenvalue weighted by molar-refractivity contribution is 0.627. The normalized spacial score (nSPS) is 12.4. The average Bonchev–Trinajstić information content (AvgIpc) is 2.33. The van der Waals surface area contributed by atoms with E-state index in [9.17, 15) is 4.39 Å². The highest BCUT2D eigenvalue weighted by Crippen LogP contribution is 2.33. The molecule has 1 unspecified atom stereocenters. The van der Waals surface area contributed by atoms with E-state index >= 15 is 0 Å². The maximum absolute atomic E-state index is 12.8. The fourth-order valence-corrected chi connectivity index (χ4v) is 2.44. The number of hydrogen-bond donors (Lipinski definition) is 0. The van der Waals surface area contributed by atoms with Crippen LogP contribution >= 0.6 is 23.4 Å². The molecule has 4 heteroatoms. The summed E-state index contributed by atoms with van der Waals surface area (Å²) < 4.78 is 12.8. The van der Waals surface area contributed by atoms with Crippen LogP contribution in [0.2, 0.25) is 5.02 Å². The first-order valence-electron chi connectivity index (χ1n) is 5.19. The van der Waals surface area contributed by atoms with Gasteiger partial charge in [0.05, 0.1) is 10.0 Å². The van der Waals surface area contributed by atoms with E-state index in [1.165, 1.54) is 12.1 Å². The number of halogens is 2. The van der Waals surface area contributed by atoms with Crippen molar-refractivity contribution in [3.8, 4) is 0 Å². The third-order valence-corrected chi connectivity index (χ3v) is 3.67. The Morgan fingerprint density at radius 2 is 1.88 bits per heavy atom. The van der Waals surface area contributed by atoms with Gasteiger partial charge in [0.15, 0.2) is 0 Å². The zero-order valence-electron chi connectivity index (χ0n) is 9.23. The van der Waals surface area contributed by atoms with Crippen molar-refractivity contribution in [2.75, 3.05) is 0 Å². The van der Waals surface area contributed by atoms with Gasteiger partial charge < -0.3 is 0 Å². The summed E-state index contributed by atoms with van der Waals surface area (Å²) in [6, 6.07) is 10.2. The van der Waals surface area contributed by atoms with Gasteiger partial charge in [-0.05, 0) is 36.8 Å². The summed E-state index contributed by atoms with van der Waals surface area (Å²) in [6.07, 6.45) is 1.63. The molecule has 1 atom stereocenters. The molecular formula is C13H11ClFNS. The molecule has 0 fully saturated rings. The molecule has 1 nitrogen and oxygen atoms in total. The minimum Gasteiger partial charge on any atom is -0.248 e. The predicted molar refractivity (Wildman–Crippen MR) is 69.9 cm³/mol. The highest BCUT2D eigenvalue weighted by molar-refractivity contribution is 7.99. The summed E-state index contributed by atoms with van der Waals surface area (Å²) >= 11 is 7.39. The second-order valence-corrected chi connectivity index (χ2v) is 5.42. The van der Waals surface area contributed by atoms with Crippen LogP contribution in [0.15, 0.2) is 47.6 Å². The Kier molecular flexibility index (Phi) is 4.02. The molecule has 0 spiro atoms. The van der Waals surface area contributed by atoms with Gasteiger partial charge in [0.25, 0.3) is 0 Å². The lowest BCUT2D eigenvalue weighted by atomic mass is 10.2. The van der Waals surface area contributed by atoms with Gasteiger partial charge in [0.1, 0.15) is 5.82 Å². The lowest BCUT2D eigenvalue weighted by Gasteiger charge is -2.10. The van der Waals surface area contributed by atoms with Crippen LogP contribution in [0.3, 0.4) is 0 Å². The van der Waals surface area contributed by atoms with Crippen LogP contribution in [0.25, 0.3) is 0 Å². The number of rotatable bonds is 3. The predicted octanol–water partition coefficient (Wildman–Crippen LogP) is 4.73. The Morgan fingerprint density at radius 1 is 1.18 bits per heavy atom. The van der Waals surface area contributed by atoms with Gasteiger partial charge in [-0.3, -0.25) is 0 Å². The fourth-order valence-electron chi connectivity index (χ4n) is 1.41. The molecule has 1 aromatic carbocycles. The highest BCUT2D eigenvalue weighted by atomic mass is 35.5. The van der Waals surface area contributed by atoms with E-state index in [0.29, 0.717) is 5.02 Å². The first-order chi connectivity index (χ1) is 8.15. The van der Waals surface area contributed by atoms with Crippen molar-refractivity contribution < 1.29 is 4.39 Å². The third kappa shape index (κ3) is 3.45. The Balaban J connectivity index is 2.08. The van der Waals surface area contributed by atoms with E-state index in [4.69, 9.17) is 11.6 Å². The first-order valence-corrected chi connectivity index (χ1v) is 6.44. The Bertz CT molecular complexity index is 484. The molecule has 0 aliphatic rings. The molecule has 0 saturated carbocycles. The van der Waals surface area contributed by atoms with Crippen molar-refractivity contribution in [3.63, 3.8) is 0 Å². The van der Waals surface area contributed by atoms with Gasteiger partial charge in [-0.25, -0.2) is 9.37 Å². The van der Waals surface area contributed by atoms with Gasteiger partial charge >= 0.3 is 0 Å². The number of pyridine rings is 1. The van der Waals surface area contributed by atoms with Crippen LogP contribution in [0.5, 0.6) is 0 Å². The van der Waals surface area contributed by atoms with Crippen molar-refractivity contribution in [1.82, 2.24) is 4.98 Å². The molecule has 2 rings (SSSR count). The van der Waals surface area contributed by atoms with Crippen LogP contribution in [-0.2, 0) is 0 Å². The zero-order chi connectivity index (χ0) is 12.3. The zero-order valence-corrected chi connectivity index (χ0v) is 10.8. The van der Waals surface area contributed by atoms with Gasteiger partial charge in [-0.1, -0.05) is 35.5 Å². The molecule has 0 saturated heterocycles. The molecular weight excluding hydrogens is 257 g/mol. The van der Waals surface area contributed by atoms with Crippen LogP contribution in [0.1, 0.15) is 17.7 Å². The van der Waals surface area contributed by atoms with E-state index < -0.39 is 0 Å². The number of nitrogens with zero attached hydrogens (tertiary/aromatic N) is 1. The quantitative estimate of drug-likeness (QED) is 0.746. The van der Waals surface area contributed by atoms with E-state index in [1.54, 1.807) is 30.1 Å². The average molecular weight is 268 g/mol. The second-order valence-electron chi connectivity index (χ2n) is 3.63. The van der Waals surface area contributed by atoms with Crippen LogP contribution < -0.4 is 0 Å². The van der Waals surface area contributed by atoms with Crippen molar-refractivity contribution in [3.05, 3.63) is 59.0 Å². The summed E-state index contributed by atoms with van der Waals surface area (Å²) in [4.78, 5) is 4.22. The molecule has 0 bridgehead atoms. The van der Waals surface area contributed by atoms with Gasteiger partial charge in [0, 0.05) is 11.4 Å². The van der Waals surface area contributed by atoms with Crippen LogP contribution in [-0.4, -0.2) is 4.98 Å². The molecule has 0 aliphatic heterocycles. The number of hydrogen-bond acceptors (Lipinski definition) is 2. The smallest absolute Gasteiger partial charge is 0.123 e. The van der Waals surface area contributed by atoms with Gasteiger partial charge in [-0.15, -0.1) is 0 Å². The number of benzene rings is 1. The molecule has 0 amide bonds. The van der Waals surface area contributed by atoms with E-state index in [2.05, 4.69) is 11.9 Å². The summed E-state index contributed by atoms with van der Waals surface area (Å²) in [6.45, 7) is 2.06. The maximum Gasteiger partial charge on any atom is 0.123 e. The maximum atomic E-state index is 12.8. The summed E-state index contributed by atoms with van der Waals surface area (Å²) in [5.41, 5.74) is 1.08. The molecule has 2 aromatic rings. The molecule has 17 heavy (non-hydrogen) atoms.